The Bertz CT molecular complexity index is 766. The summed E-state index contributed by atoms with van der Waals surface area (Å²) in [6.45, 7) is 1.60. The number of benzene rings is 1. The number of sulfonamides is 1. The van der Waals surface area contributed by atoms with Crippen LogP contribution in [0.25, 0.3) is 0 Å². The van der Waals surface area contributed by atoms with Gasteiger partial charge in [-0.15, -0.1) is 0 Å². The number of nitrogen functional groups attached to an aromatic ring is 1. The zero-order valence-electron chi connectivity index (χ0n) is 10.9. The van der Waals surface area contributed by atoms with E-state index >= 15 is 0 Å². The smallest absolute Gasteiger partial charge is 0.263 e. The van der Waals surface area contributed by atoms with Crippen LogP contribution >= 0.6 is 15.9 Å². The molecule has 6 nitrogen and oxygen atoms in total. The molecule has 9 heteroatoms. The Morgan fingerprint density at radius 2 is 2.05 bits per heavy atom. The predicted molar refractivity (Wildman–Crippen MR) is 81.7 cm³/mol. The van der Waals surface area contributed by atoms with E-state index in [1.165, 1.54) is 30.5 Å². The summed E-state index contributed by atoms with van der Waals surface area (Å²) in [6.07, 6.45) is 1.17. The number of aromatic nitrogens is 1. The van der Waals surface area contributed by atoms with E-state index in [4.69, 9.17) is 5.84 Å². The van der Waals surface area contributed by atoms with E-state index in [9.17, 15) is 12.8 Å². The largest absolute Gasteiger partial charge is 0.308 e. The summed E-state index contributed by atoms with van der Waals surface area (Å²) in [7, 11) is -3.81. The summed E-state index contributed by atoms with van der Waals surface area (Å²) in [5, 5.41) is 0. The second kappa shape index (κ2) is 5.96. The van der Waals surface area contributed by atoms with Crippen molar-refractivity contribution in [3.8, 4) is 0 Å². The summed E-state index contributed by atoms with van der Waals surface area (Å²) in [6, 6.07) is 5.40. The normalized spacial score (nSPS) is 11.2. The molecular formula is C12H12BrFN4O2S. The first-order chi connectivity index (χ1) is 9.83. The number of hydrogen-bond acceptors (Lipinski definition) is 5. The summed E-state index contributed by atoms with van der Waals surface area (Å²) in [5.74, 6) is 5.04. The maximum absolute atomic E-state index is 13.3. The fourth-order valence-corrected chi connectivity index (χ4v) is 2.99. The van der Waals surface area contributed by atoms with E-state index in [2.05, 4.69) is 31.1 Å². The topological polar surface area (TPSA) is 97.1 Å². The maximum atomic E-state index is 13.3. The third-order valence-corrected chi connectivity index (χ3v) is 4.66. The van der Waals surface area contributed by atoms with Crippen LogP contribution in [0.1, 0.15) is 5.56 Å². The highest BCUT2D eigenvalue weighted by Gasteiger charge is 2.17. The summed E-state index contributed by atoms with van der Waals surface area (Å²) < 4.78 is 40.4. The van der Waals surface area contributed by atoms with Gasteiger partial charge in [-0.05, 0) is 52.7 Å². The molecule has 0 aliphatic heterocycles. The van der Waals surface area contributed by atoms with Crippen molar-refractivity contribution in [1.82, 2.24) is 4.98 Å². The first kappa shape index (κ1) is 15.7. The molecule has 4 N–H and O–H groups in total. The Morgan fingerprint density at radius 1 is 1.33 bits per heavy atom. The minimum atomic E-state index is -3.81. The van der Waals surface area contributed by atoms with E-state index < -0.39 is 15.8 Å². The van der Waals surface area contributed by atoms with E-state index in [1.54, 1.807) is 6.92 Å². The molecule has 1 aromatic heterocycles. The molecule has 2 aromatic rings. The third-order valence-electron chi connectivity index (χ3n) is 2.71. The number of hydrogen-bond donors (Lipinski definition) is 3. The SMILES string of the molecule is Cc1cc(F)c(Br)cc1NS(=O)(=O)c1ccc(NN)nc1. The Kier molecular flexibility index (Phi) is 4.45. The number of hydrazine groups is 1. The highest BCUT2D eigenvalue weighted by atomic mass is 79.9. The van der Waals surface area contributed by atoms with Gasteiger partial charge in [0.05, 0.1) is 10.2 Å². The number of halogens is 2. The Hall–Kier alpha value is -1.71. The van der Waals surface area contributed by atoms with Gasteiger partial charge < -0.3 is 5.43 Å². The van der Waals surface area contributed by atoms with Gasteiger partial charge in [0.2, 0.25) is 0 Å². The number of nitrogens with two attached hydrogens (primary N) is 1. The summed E-state index contributed by atoms with van der Waals surface area (Å²) >= 11 is 3.02. The van der Waals surface area contributed by atoms with Gasteiger partial charge in [0.25, 0.3) is 10.0 Å². The lowest BCUT2D eigenvalue weighted by Crippen LogP contribution is -2.15. The van der Waals surface area contributed by atoms with Gasteiger partial charge >= 0.3 is 0 Å². The van der Waals surface area contributed by atoms with Gasteiger partial charge in [-0.2, -0.15) is 0 Å². The number of pyridine rings is 1. The zero-order valence-corrected chi connectivity index (χ0v) is 13.3. The monoisotopic (exact) mass is 374 g/mol. The van der Waals surface area contributed by atoms with Crippen LogP contribution in [0.4, 0.5) is 15.9 Å². The van der Waals surface area contributed by atoms with E-state index in [0.717, 1.165) is 0 Å². The fourth-order valence-electron chi connectivity index (χ4n) is 1.58. The second-order valence-electron chi connectivity index (χ2n) is 4.21. The number of anilines is 2. The first-order valence-corrected chi connectivity index (χ1v) is 8.02. The lowest BCUT2D eigenvalue weighted by molar-refractivity contribution is 0.600. The van der Waals surface area contributed by atoms with Gasteiger partial charge in [0, 0.05) is 6.20 Å². The standard InChI is InChI=1S/C12H12BrFN4O2S/c1-7-4-10(14)9(13)5-11(7)18-21(19,20)8-2-3-12(17-15)16-6-8/h2-6,18H,15H2,1H3,(H,16,17). The summed E-state index contributed by atoms with van der Waals surface area (Å²) in [4.78, 5) is 3.81. The van der Waals surface area contributed by atoms with Crippen molar-refractivity contribution in [3.63, 3.8) is 0 Å². The molecule has 21 heavy (non-hydrogen) atoms. The van der Waals surface area contributed by atoms with Gasteiger partial charge in [-0.1, -0.05) is 0 Å². The van der Waals surface area contributed by atoms with Crippen LogP contribution in [0.15, 0.2) is 39.8 Å². The Labute approximate surface area is 129 Å². The number of nitrogens with zero attached hydrogens (tertiary/aromatic N) is 1. The molecule has 0 atom stereocenters. The van der Waals surface area contributed by atoms with Gasteiger partial charge in [0.1, 0.15) is 16.5 Å². The van der Waals surface area contributed by atoms with Crippen molar-refractivity contribution in [2.45, 2.75) is 11.8 Å². The van der Waals surface area contributed by atoms with Crippen molar-refractivity contribution in [1.29, 1.82) is 0 Å². The second-order valence-corrected chi connectivity index (χ2v) is 6.75. The van der Waals surface area contributed by atoms with Crippen LogP contribution in [0.5, 0.6) is 0 Å². The molecule has 112 valence electrons. The molecule has 0 aliphatic rings. The molecule has 0 fully saturated rings. The molecule has 1 aromatic carbocycles. The molecule has 2 rings (SSSR count). The molecule has 0 amide bonds. The van der Waals surface area contributed by atoms with Crippen molar-refractivity contribution >= 4 is 37.5 Å². The maximum Gasteiger partial charge on any atom is 0.263 e. The van der Waals surface area contributed by atoms with Crippen molar-refractivity contribution in [2.24, 2.45) is 5.84 Å². The average molecular weight is 375 g/mol. The van der Waals surface area contributed by atoms with Gasteiger partial charge in [0.15, 0.2) is 0 Å². The molecule has 0 radical (unpaired) electrons. The average Bonchev–Trinajstić information content (AvgIpc) is 2.44. The molecule has 0 saturated carbocycles. The Balaban J connectivity index is 2.34. The van der Waals surface area contributed by atoms with Crippen LogP contribution < -0.4 is 16.0 Å². The fraction of sp³-hybridized carbons (Fsp3) is 0.0833. The van der Waals surface area contributed by atoms with Crippen LogP contribution in [-0.4, -0.2) is 13.4 Å². The van der Waals surface area contributed by atoms with Crippen LogP contribution in [0.2, 0.25) is 0 Å². The zero-order chi connectivity index (χ0) is 15.6. The molecule has 0 unspecified atom stereocenters. The van der Waals surface area contributed by atoms with Crippen LogP contribution in [0.3, 0.4) is 0 Å². The molecule has 0 aliphatic carbocycles. The van der Waals surface area contributed by atoms with Crippen molar-refractivity contribution < 1.29 is 12.8 Å². The lowest BCUT2D eigenvalue weighted by atomic mass is 10.2. The molecule has 0 bridgehead atoms. The lowest BCUT2D eigenvalue weighted by Gasteiger charge is -2.11. The third kappa shape index (κ3) is 3.49. The summed E-state index contributed by atoms with van der Waals surface area (Å²) in [5.41, 5.74) is 3.05. The first-order valence-electron chi connectivity index (χ1n) is 5.74. The molecule has 1 heterocycles. The van der Waals surface area contributed by atoms with Crippen LogP contribution in [-0.2, 0) is 10.0 Å². The highest BCUT2D eigenvalue weighted by molar-refractivity contribution is 9.10. The number of aryl methyl sites for hydroxylation is 1. The minimum absolute atomic E-state index is 0.0265. The van der Waals surface area contributed by atoms with Crippen molar-refractivity contribution in [3.05, 3.63) is 46.3 Å². The molecular weight excluding hydrogens is 363 g/mol. The highest BCUT2D eigenvalue weighted by Crippen LogP contribution is 2.26. The van der Waals surface area contributed by atoms with E-state index in [-0.39, 0.29) is 15.1 Å². The van der Waals surface area contributed by atoms with Gasteiger partial charge in [-0.3, -0.25) is 4.72 Å². The number of rotatable bonds is 4. The molecule has 0 spiro atoms. The van der Waals surface area contributed by atoms with Gasteiger partial charge in [-0.25, -0.2) is 23.6 Å². The van der Waals surface area contributed by atoms with Crippen LogP contribution in [0, 0.1) is 12.7 Å². The van der Waals surface area contributed by atoms with Crippen molar-refractivity contribution in [2.75, 3.05) is 10.1 Å². The molecule has 0 saturated heterocycles. The predicted octanol–water partition coefficient (Wildman–Crippen LogP) is 2.38. The Morgan fingerprint density at radius 3 is 2.62 bits per heavy atom. The van der Waals surface area contributed by atoms with E-state index in [0.29, 0.717) is 11.4 Å². The number of nitrogens with one attached hydrogen (secondary N) is 2. The van der Waals surface area contributed by atoms with E-state index in [1.807, 2.05) is 0 Å². The minimum Gasteiger partial charge on any atom is -0.308 e. The quantitative estimate of drug-likeness (QED) is 0.563.